The van der Waals surface area contributed by atoms with Gasteiger partial charge in [0, 0.05) is 0 Å². The smallest absolute Gasteiger partial charge is 0.339 e. The molecule has 0 fully saturated rings. The van der Waals surface area contributed by atoms with Gasteiger partial charge in [-0.1, -0.05) is 0 Å². The second kappa shape index (κ2) is 4.98. The van der Waals surface area contributed by atoms with Crippen molar-refractivity contribution in [1.29, 1.82) is 0 Å². The van der Waals surface area contributed by atoms with Crippen molar-refractivity contribution in [2.75, 3.05) is 20.0 Å². The third-order valence-corrected chi connectivity index (χ3v) is 2.84. The second-order valence-corrected chi connectivity index (χ2v) is 3.66. The predicted molar refractivity (Wildman–Crippen MR) is 61.2 cm³/mol. The molecule has 0 saturated carbocycles. The molecule has 2 N–H and O–H groups in total. The lowest BCUT2D eigenvalue weighted by Gasteiger charge is -2.09. The highest BCUT2D eigenvalue weighted by Crippen LogP contribution is 2.28. The fourth-order valence-electron chi connectivity index (χ4n) is 1.15. The Labute approximate surface area is 101 Å². The van der Waals surface area contributed by atoms with Gasteiger partial charge in [-0.3, -0.25) is 0 Å². The minimum atomic E-state index is -0.561. The van der Waals surface area contributed by atoms with E-state index in [-0.39, 0.29) is 16.8 Å². The van der Waals surface area contributed by atoms with Gasteiger partial charge >= 0.3 is 11.9 Å². The average molecular weight is 288 g/mol. The van der Waals surface area contributed by atoms with Crippen LogP contribution < -0.4 is 5.73 Å². The van der Waals surface area contributed by atoms with Gasteiger partial charge in [0.2, 0.25) is 0 Å². The lowest BCUT2D eigenvalue weighted by Crippen LogP contribution is -2.10. The predicted octanol–water partition coefficient (Wildman–Crippen LogP) is 1.60. The first-order valence-corrected chi connectivity index (χ1v) is 5.06. The maximum atomic E-state index is 11.3. The van der Waals surface area contributed by atoms with Gasteiger partial charge in [0.05, 0.1) is 35.5 Å². The summed E-state index contributed by atoms with van der Waals surface area (Å²) in [6.07, 6.45) is 0. The number of carbonyl (C=O) groups is 2. The molecule has 1 rings (SSSR count). The van der Waals surface area contributed by atoms with Gasteiger partial charge in [-0.15, -0.1) is 0 Å². The number of nitrogens with two attached hydrogens (primary N) is 1. The average Bonchev–Trinajstić information content (AvgIpc) is 2.30. The van der Waals surface area contributed by atoms with Crippen LogP contribution in [0.15, 0.2) is 16.6 Å². The molecule has 0 heterocycles. The molecule has 0 aliphatic heterocycles. The molecule has 0 radical (unpaired) electrons. The van der Waals surface area contributed by atoms with Crippen molar-refractivity contribution in [2.24, 2.45) is 0 Å². The largest absolute Gasteiger partial charge is 0.465 e. The maximum absolute atomic E-state index is 11.3. The molecule has 1 aromatic rings. The highest BCUT2D eigenvalue weighted by molar-refractivity contribution is 9.10. The van der Waals surface area contributed by atoms with Crippen molar-refractivity contribution in [3.8, 4) is 0 Å². The minimum absolute atomic E-state index is 0.148. The standard InChI is InChI=1S/C10H10BrNO4/c1-15-9(13)5-3-4-6(10(14)16-2)8(12)7(5)11/h3-4H,12H2,1-2H3. The molecular formula is C10H10BrNO4. The molecule has 0 unspecified atom stereocenters. The van der Waals surface area contributed by atoms with Crippen LogP contribution in [0.3, 0.4) is 0 Å². The van der Waals surface area contributed by atoms with Crippen molar-refractivity contribution in [2.45, 2.75) is 0 Å². The van der Waals surface area contributed by atoms with E-state index in [2.05, 4.69) is 25.4 Å². The molecule has 0 aromatic heterocycles. The Balaban J connectivity index is 3.28. The van der Waals surface area contributed by atoms with Crippen molar-refractivity contribution in [3.05, 3.63) is 27.7 Å². The number of carbonyl (C=O) groups excluding carboxylic acids is 2. The van der Waals surface area contributed by atoms with E-state index in [1.807, 2.05) is 0 Å². The van der Waals surface area contributed by atoms with Crippen LogP contribution in [0.2, 0.25) is 0 Å². The van der Waals surface area contributed by atoms with Gasteiger partial charge in [0.1, 0.15) is 0 Å². The van der Waals surface area contributed by atoms with E-state index in [0.29, 0.717) is 4.47 Å². The number of benzene rings is 1. The molecule has 1 aromatic carbocycles. The quantitative estimate of drug-likeness (QED) is 0.660. The molecule has 6 heteroatoms. The summed E-state index contributed by atoms with van der Waals surface area (Å²) in [6, 6.07) is 2.86. The highest BCUT2D eigenvalue weighted by Gasteiger charge is 2.18. The van der Waals surface area contributed by atoms with Gasteiger partial charge in [0.25, 0.3) is 0 Å². The van der Waals surface area contributed by atoms with E-state index in [9.17, 15) is 9.59 Å². The lowest BCUT2D eigenvalue weighted by atomic mass is 10.1. The van der Waals surface area contributed by atoms with Crippen molar-refractivity contribution in [1.82, 2.24) is 0 Å². The van der Waals surface area contributed by atoms with Crippen LogP contribution in [0.25, 0.3) is 0 Å². The zero-order chi connectivity index (χ0) is 12.3. The van der Waals surface area contributed by atoms with E-state index >= 15 is 0 Å². The third-order valence-electron chi connectivity index (χ3n) is 1.99. The Morgan fingerprint density at radius 2 is 1.56 bits per heavy atom. The summed E-state index contributed by atoms with van der Waals surface area (Å²) in [5.74, 6) is -1.09. The number of hydrogen-bond acceptors (Lipinski definition) is 5. The zero-order valence-corrected chi connectivity index (χ0v) is 10.3. The van der Waals surface area contributed by atoms with Gasteiger partial charge < -0.3 is 15.2 Å². The van der Waals surface area contributed by atoms with E-state index in [0.717, 1.165) is 0 Å². The topological polar surface area (TPSA) is 78.6 Å². The highest BCUT2D eigenvalue weighted by atomic mass is 79.9. The molecule has 0 bridgehead atoms. The molecule has 16 heavy (non-hydrogen) atoms. The summed E-state index contributed by atoms with van der Waals surface area (Å²) >= 11 is 3.14. The minimum Gasteiger partial charge on any atom is -0.465 e. The SMILES string of the molecule is COC(=O)c1ccc(C(=O)OC)c(Br)c1N. The summed E-state index contributed by atoms with van der Waals surface area (Å²) in [5.41, 5.74) is 6.30. The molecule has 0 amide bonds. The number of methoxy groups -OCH3 is 2. The van der Waals surface area contributed by atoms with Gasteiger partial charge in [0.15, 0.2) is 0 Å². The second-order valence-electron chi connectivity index (χ2n) is 2.87. The Bertz CT molecular complexity index is 404. The number of rotatable bonds is 2. The van der Waals surface area contributed by atoms with Crippen LogP contribution in [0.4, 0.5) is 5.69 Å². The normalized spacial score (nSPS) is 9.69. The number of anilines is 1. The van der Waals surface area contributed by atoms with Crippen molar-refractivity contribution < 1.29 is 19.1 Å². The molecule has 0 aliphatic rings. The molecule has 0 spiro atoms. The van der Waals surface area contributed by atoms with E-state index in [4.69, 9.17) is 5.73 Å². The van der Waals surface area contributed by atoms with Crippen LogP contribution >= 0.6 is 15.9 Å². The fraction of sp³-hybridized carbons (Fsp3) is 0.200. The van der Waals surface area contributed by atoms with Crippen LogP contribution in [0.1, 0.15) is 20.7 Å². The van der Waals surface area contributed by atoms with Crippen LogP contribution in [-0.4, -0.2) is 26.2 Å². The maximum Gasteiger partial charge on any atom is 0.339 e. The van der Waals surface area contributed by atoms with Crippen LogP contribution in [-0.2, 0) is 9.47 Å². The molecular weight excluding hydrogens is 278 g/mol. The van der Waals surface area contributed by atoms with Crippen molar-refractivity contribution >= 4 is 33.6 Å². The van der Waals surface area contributed by atoms with Crippen molar-refractivity contribution in [3.63, 3.8) is 0 Å². The van der Waals surface area contributed by atoms with Crippen LogP contribution in [0.5, 0.6) is 0 Å². The summed E-state index contributed by atoms with van der Waals surface area (Å²) in [4.78, 5) is 22.6. The molecule has 86 valence electrons. The Kier molecular flexibility index (Phi) is 3.89. The molecule has 0 atom stereocenters. The summed E-state index contributed by atoms with van der Waals surface area (Å²) in [5, 5.41) is 0. The van der Waals surface area contributed by atoms with E-state index < -0.39 is 11.9 Å². The Morgan fingerprint density at radius 1 is 1.12 bits per heavy atom. The van der Waals surface area contributed by atoms with E-state index in [1.165, 1.54) is 26.4 Å². The number of halogens is 1. The van der Waals surface area contributed by atoms with Gasteiger partial charge in [-0.25, -0.2) is 9.59 Å². The molecule has 5 nitrogen and oxygen atoms in total. The Hall–Kier alpha value is -1.56. The van der Waals surface area contributed by atoms with Crippen LogP contribution in [0, 0.1) is 0 Å². The molecule has 0 aliphatic carbocycles. The molecule has 0 saturated heterocycles. The number of hydrogen-bond donors (Lipinski definition) is 1. The number of ether oxygens (including phenoxy) is 2. The van der Waals surface area contributed by atoms with Gasteiger partial charge in [-0.2, -0.15) is 0 Å². The van der Waals surface area contributed by atoms with E-state index in [1.54, 1.807) is 0 Å². The first-order valence-electron chi connectivity index (χ1n) is 4.27. The lowest BCUT2D eigenvalue weighted by molar-refractivity contribution is 0.0587. The van der Waals surface area contributed by atoms with Gasteiger partial charge in [-0.05, 0) is 28.1 Å². The summed E-state index contributed by atoms with van der Waals surface area (Å²) in [6.45, 7) is 0. The fourth-order valence-corrected chi connectivity index (χ4v) is 1.66. The summed E-state index contributed by atoms with van der Waals surface area (Å²) in [7, 11) is 2.52. The Morgan fingerprint density at radius 3 is 2.06 bits per heavy atom. The monoisotopic (exact) mass is 287 g/mol. The first-order chi connectivity index (χ1) is 7.52. The first kappa shape index (κ1) is 12.5. The number of esters is 2. The zero-order valence-electron chi connectivity index (χ0n) is 8.74. The number of nitrogen functional groups attached to an aromatic ring is 1. The summed E-state index contributed by atoms with van der Waals surface area (Å²) < 4.78 is 9.42. The third kappa shape index (κ3) is 2.16.